The molecule has 0 bridgehead atoms. The SMILES string of the molecule is COc1ccc(/C=C/C(=O)N2Cc3nn(-c4ccccc4C)c(-n4cccc4)c3C2)cc1OC. The molecule has 4 aromatic rings. The molecule has 0 unspecified atom stereocenters. The number of carbonyl (C=O) groups is 1. The van der Waals surface area contributed by atoms with E-state index in [1.165, 1.54) is 0 Å². The molecule has 1 aliphatic rings. The molecule has 3 heterocycles. The van der Waals surface area contributed by atoms with Crippen LogP contribution in [-0.4, -0.2) is 39.4 Å². The molecule has 1 amide bonds. The molecular weight excluding hydrogens is 428 g/mol. The third-order valence-corrected chi connectivity index (χ3v) is 6.06. The maximum absolute atomic E-state index is 13.0. The summed E-state index contributed by atoms with van der Waals surface area (Å²) in [4.78, 5) is 14.8. The van der Waals surface area contributed by atoms with Crippen molar-refractivity contribution in [1.82, 2.24) is 19.2 Å². The number of ether oxygens (including phenoxy) is 2. The average molecular weight is 455 g/mol. The predicted octanol–water partition coefficient (Wildman–Crippen LogP) is 4.54. The summed E-state index contributed by atoms with van der Waals surface area (Å²) < 4.78 is 14.7. The molecular formula is C27H26N4O3. The van der Waals surface area contributed by atoms with E-state index in [-0.39, 0.29) is 5.91 Å². The molecule has 7 heteroatoms. The molecule has 34 heavy (non-hydrogen) atoms. The van der Waals surface area contributed by atoms with Gasteiger partial charge in [0.2, 0.25) is 5.91 Å². The topological polar surface area (TPSA) is 61.5 Å². The maximum atomic E-state index is 13.0. The van der Waals surface area contributed by atoms with Gasteiger partial charge in [0.25, 0.3) is 0 Å². The van der Waals surface area contributed by atoms with Gasteiger partial charge in [-0.15, -0.1) is 0 Å². The summed E-state index contributed by atoms with van der Waals surface area (Å²) in [5, 5.41) is 4.92. The van der Waals surface area contributed by atoms with Gasteiger partial charge in [0, 0.05) is 24.0 Å². The Balaban J connectivity index is 1.42. The first kappa shape index (κ1) is 21.6. The lowest BCUT2D eigenvalue weighted by molar-refractivity contribution is -0.126. The van der Waals surface area contributed by atoms with Crippen molar-refractivity contribution in [3.63, 3.8) is 0 Å². The maximum Gasteiger partial charge on any atom is 0.247 e. The van der Waals surface area contributed by atoms with Gasteiger partial charge in [-0.2, -0.15) is 5.10 Å². The van der Waals surface area contributed by atoms with Crippen LogP contribution in [0.15, 0.2) is 73.1 Å². The zero-order valence-electron chi connectivity index (χ0n) is 19.4. The highest BCUT2D eigenvalue weighted by Crippen LogP contribution is 2.32. The highest BCUT2D eigenvalue weighted by molar-refractivity contribution is 5.92. The van der Waals surface area contributed by atoms with Gasteiger partial charge in [-0.1, -0.05) is 24.3 Å². The first-order valence-corrected chi connectivity index (χ1v) is 11.1. The van der Waals surface area contributed by atoms with Crippen molar-refractivity contribution < 1.29 is 14.3 Å². The third kappa shape index (κ3) is 3.85. The molecule has 2 aromatic carbocycles. The van der Waals surface area contributed by atoms with Gasteiger partial charge in [0.05, 0.1) is 38.7 Å². The number of rotatable bonds is 6. The summed E-state index contributed by atoms with van der Waals surface area (Å²) in [5.41, 5.74) is 5.02. The molecule has 2 aromatic heterocycles. The fourth-order valence-electron chi connectivity index (χ4n) is 4.30. The lowest BCUT2D eigenvalue weighted by Crippen LogP contribution is -2.24. The summed E-state index contributed by atoms with van der Waals surface area (Å²) >= 11 is 0. The van der Waals surface area contributed by atoms with E-state index >= 15 is 0 Å². The summed E-state index contributed by atoms with van der Waals surface area (Å²) in [7, 11) is 3.19. The number of aryl methyl sites for hydroxylation is 1. The van der Waals surface area contributed by atoms with Gasteiger partial charge in [-0.25, -0.2) is 4.68 Å². The van der Waals surface area contributed by atoms with E-state index < -0.39 is 0 Å². The van der Waals surface area contributed by atoms with Crippen LogP contribution < -0.4 is 9.47 Å². The normalized spacial score (nSPS) is 12.9. The van der Waals surface area contributed by atoms with Gasteiger partial charge in [0.15, 0.2) is 11.5 Å². The van der Waals surface area contributed by atoms with E-state index in [4.69, 9.17) is 14.6 Å². The number of fused-ring (bicyclic) bond motifs is 1. The van der Waals surface area contributed by atoms with E-state index in [1.54, 1.807) is 26.4 Å². The highest BCUT2D eigenvalue weighted by atomic mass is 16.5. The molecule has 0 aliphatic carbocycles. The summed E-state index contributed by atoms with van der Waals surface area (Å²) in [6, 6.07) is 17.7. The quantitative estimate of drug-likeness (QED) is 0.401. The minimum atomic E-state index is -0.0614. The minimum Gasteiger partial charge on any atom is -0.493 e. The fourth-order valence-corrected chi connectivity index (χ4v) is 4.30. The number of aromatic nitrogens is 3. The molecule has 7 nitrogen and oxygen atoms in total. The van der Waals surface area contributed by atoms with Crippen LogP contribution in [-0.2, 0) is 17.9 Å². The zero-order valence-corrected chi connectivity index (χ0v) is 19.4. The average Bonchev–Trinajstić information content (AvgIpc) is 3.59. The van der Waals surface area contributed by atoms with Crippen molar-refractivity contribution in [3.05, 3.63) is 95.5 Å². The molecule has 0 N–H and O–H groups in total. The molecule has 0 saturated carbocycles. The number of carbonyl (C=O) groups excluding carboxylic acids is 1. The van der Waals surface area contributed by atoms with Gasteiger partial charge in [0.1, 0.15) is 5.82 Å². The monoisotopic (exact) mass is 454 g/mol. The smallest absolute Gasteiger partial charge is 0.247 e. The molecule has 0 fully saturated rings. The molecule has 172 valence electrons. The van der Waals surface area contributed by atoms with Crippen molar-refractivity contribution in [2.75, 3.05) is 14.2 Å². The van der Waals surface area contributed by atoms with Crippen molar-refractivity contribution in [2.45, 2.75) is 20.0 Å². The van der Waals surface area contributed by atoms with E-state index in [0.717, 1.165) is 33.9 Å². The summed E-state index contributed by atoms with van der Waals surface area (Å²) in [5.74, 6) is 2.18. The van der Waals surface area contributed by atoms with Gasteiger partial charge >= 0.3 is 0 Å². The Hall–Kier alpha value is -4.26. The lowest BCUT2D eigenvalue weighted by Gasteiger charge is -2.16. The van der Waals surface area contributed by atoms with Crippen LogP contribution >= 0.6 is 0 Å². The van der Waals surface area contributed by atoms with E-state index in [2.05, 4.69) is 23.6 Å². The largest absolute Gasteiger partial charge is 0.493 e. The third-order valence-electron chi connectivity index (χ3n) is 6.06. The van der Waals surface area contributed by atoms with Gasteiger partial charge in [-0.3, -0.25) is 4.79 Å². The number of hydrogen-bond acceptors (Lipinski definition) is 4. The van der Waals surface area contributed by atoms with Crippen LogP contribution in [0.1, 0.15) is 22.4 Å². The van der Waals surface area contributed by atoms with Gasteiger partial charge < -0.3 is 18.9 Å². The van der Waals surface area contributed by atoms with E-state index in [1.807, 2.05) is 64.4 Å². The number of para-hydroxylation sites is 1. The predicted molar refractivity (Wildman–Crippen MR) is 130 cm³/mol. The van der Waals surface area contributed by atoms with Crippen molar-refractivity contribution in [2.24, 2.45) is 0 Å². The highest BCUT2D eigenvalue weighted by Gasteiger charge is 2.30. The second-order valence-corrected chi connectivity index (χ2v) is 8.18. The zero-order chi connectivity index (χ0) is 23.7. The second-order valence-electron chi connectivity index (χ2n) is 8.18. The minimum absolute atomic E-state index is 0.0614. The Bertz CT molecular complexity index is 1370. The number of hydrogen-bond donors (Lipinski definition) is 0. The molecule has 0 saturated heterocycles. The van der Waals surface area contributed by atoms with Crippen LogP contribution in [0.25, 0.3) is 17.6 Å². The number of nitrogens with zero attached hydrogens (tertiary/aromatic N) is 4. The van der Waals surface area contributed by atoms with Crippen LogP contribution in [0.2, 0.25) is 0 Å². The summed E-state index contributed by atoms with van der Waals surface area (Å²) in [6.07, 6.45) is 7.40. The Morgan fingerprint density at radius 2 is 1.74 bits per heavy atom. The van der Waals surface area contributed by atoms with E-state index in [0.29, 0.717) is 24.6 Å². The van der Waals surface area contributed by atoms with Gasteiger partial charge in [-0.05, 0) is 54.5 Å². The van der Waals surface area contributed by atoms with Crippen LogP contribution in [0, 0.1) is 6.92 Å². The number of amides is 1. The van der Waals surface area contributed by atoms with Crippen LogP contribution in [0.3, 0.4) is 0 Å². The molecule has 1 aliphatic heterocycles. The van der Waals surface area contributed by atoms with Crippen molar-refractivity contribution >= 4 is 12.0 Å². The molecule has 5 rings (SSSR count). The molecule has 0 spiro atoms. The number of benzene rings is 2. The lowest BCUT2D eigenvalue weighted by atomic mass is 10.2. The number of methoxy groups -OCH3 is 2. The first-order chi connectivity index (χ1) is 16.6. The van der Waals surface area contributed by atoms with Crippen molar-refractivity contribution in [3.8, 4) is 23.0 Å². The standard InChI is InChI=1S/C27H26N4O3/c1-19-8-4-5-9-23(19)31-27(29-14-6-7-15-29)21-17-30(18-22(21)28-31)26(32)13-11-20-10-12-24(33-2)25(16-20)34-3/h4-16H,17-18H2,1-3H3/b13-11+. The van der Waals surface area contributed by atoms with Crippen LogP contribution in [0.4, 0.5) is 0 Å². The van der Waals surface area contributed by atoms with Crippen molar-refractivity contribution in [1.29, 1.82) is 0 Å². The fraction of sp³-hybridized carbons (Fsp3) is 0.185. The molecule has 0 atom stereocenters. The Kier molecular flexibility index (Phi) is 5.67. The van der Waals surface area contributed by atoms with E-state index in [9.17, 15) is 4.79 Å². The summed E-state index contributed by atoms with van der Waals surface area (Å²) in [6.45, 7) is 3.05. The van der Waals surface area contributed by atoms with Crippen LogP contribution in [0.5, 0.6) is 11.5 Å². The first-order valence-electron chi connectivity index (χ1n) is 11.1. The molecule has 0 radical (unpaired) electrons. The Labute approximate surface area is 198 Å². The second kappa shape index (κ2) is 8.94. The Morgan fingerprint density at radius 1 is 0.971 bits per heavy atom. The Morgan fingerprint density at radius 3 is 2.47 bits per heavy atom.